The summed E-state index contributed by atoms with van der Waals surface area (Å²) in [7, 11) is 0. The predicted octanol–water partition coefficient (Wildman–Crippen LogP) is 4.21. The van der Waals surface area contributed by atoms with Crippen molar-refractivity contribution in [2.24, 2.45) is 0 Å². The van der Waals surface area contributed by atoms with Crippen molar-refractivity contribution < 1.29 is 23.5 Å². The summed E-state index contributed by atoms with van der Waals surface area (Å²) in [6, 6.07) is 9.76. The van der Waals surface area contributed by atoms with Gasteiger partial charge in [-0.3, -0.25) is 9.59 Å². The molecule has 7 heteroatoms. The monoisotopic (exact) mass is 390 g/mol. The van der Waals surface area contributed by atoms with E-state index in [9.17, 15) is 23.5 Å². The first-order chi connectivity index (χ1) is 12.8. The van der Waals surface area contributed by atoms with Gasteiger partial charge < -0.3 is 15.7 Å². The van der Waals surface area contributed by atoms with Crippen LogP contribution >= 0.6 is 0 Å². The molecule has 0 fully saturated rings. The van der Waals surface area contributed by atoms with E-state index in [-0.39, 0.29) is 29.2 Å². The summed E-state index contributed by atoms with van der Waals surface area (Å²) in [5.74, 6) is -4.09. The molecule has 0 aliphatic heterocycles. The highest BCUT2D eigenvalue weighted by Gasteiger charge is 2.25. The summed E-state index contributed by atoms with van der Waals surface area (Å²) in [5, 5.41) is 15.3. The third-order valence-electron chi connectivity index (χ3n) is 3.83. The van der Waals surface area contributed by atoms with Gasteiger partial charge in [0.05, 0.1) is 6.42 Å². The van der Waals surface area contributed by atoms with E-state index in [0.29, 0.717) is 11.3 Å². The zero-order valence-electron chi connectivity index (χ0n) is 16.3. The first kappa shape index (κ1) is 21.3. The molecule has 2 aromatic rings. The van der Waals surface area contributed by atoms with Crippen LogP contribution in [0.15, 0.2) is 42.5 Å². The highest BCUT2D eigenvalue weighted by Crippen LogP contribution is 2.30. The number of hydrogen-bond donors (Lipinski definition) is 3. The minimum absolute atomic E-state index is 0.0955. The van der Waals surface area contributed by atoms with Gasteiger partial charge in [-0.05, 0) is 57.2 Å². The lowest BCUT2D eigenvalue weighted by Crippen LogP contribution is -2.40. The number of carbonyl (C=O) groups is 2. The van der Waals surface area contributed by atoms with Gasteiger partial charge in [-0.1, -0.05) is 6.07 Å². The van der Waals surface area contributed by atoms with Gasteiger partial charge in [0.2, 0.25) is 5.91 Å². The van der Waals surface area contributed by atoms with Crippen molar-refractivity contribution in [2.75, 3.05) is 5.32 Å². The van der Waals surface area contributed by atoms with Gasteiger partial charge in [-0.25, -0.2) is 8.78 Å². The highest BCUT2D eigenvalue weighted by atomic mass is 19.3. The van der Waals surface area contributed by atoms with Crippen molar-refractivity contribution in [3.05, 3.63) is 59.2 Å². The average Bonchev–Trinajstić information content (AvgIpc) is 2.54. The van der Waals surface area contributed by atoms with Gasteiger partial charge in [0.15, 0.2) is 0 Å². The summed E-state index contributed by atoms with van der Waals surface area (Å²) in [6.07, 6.45) is -0.284. The van der Waals surface area contributed by atoms with E-state index >= 15 is 0 Å². The van der Waals surface area contributed by atoms with Gasteiger partial charge in [0.1, 0.15) is 5.75 Å². The lowest BCUT2D eigenvalue weighted by atomic mass is 10.0. The Morgan fingerprint density at radius 3 is 2.32 bits per heavy atom. The number of hydrogen-bond acceptors (Lipinski definition) is 3. The van der Waals surface area contributed by atoms with Crippen molar-refractivity contribution in [2.45, 2.75) is 45.6 Å². The number of rotatable bonds is 5. The van der Waals surface area contributed by atoms with Gasteiger partial charge in [0, 0.05) is 34.8 Å². The second kappa shape index (κ2) is 7.96. The van der Waals surface area contributed by atoms with E-state index in [0.717, 1.165) is 25.1 Å². The Kier molecular flexibility index (Phi) is 6.07. The number of phenols is 1. The van der Waals surface area contributed by atoms with Crippen LogP contribution in [0.2, 0.25) is 0 Å². The van der Waals surface area contributed by atoms with Crippen molar-refractivity contribution in [3.8, 4) is 5.75 Å². The second-order valence-electron chi connectivity index (χ2n) is 7.74. The number of carbonyl (C=O) groups excluding carboxylic acids is 2. The summed E-state index contributed by atoms with van der Waals surface area (Å²) in [5.41, 5.74) is 0.179. The minimum atomic E-state index is -3.08. The number of alkyl halides is 2. The Hall–Kier alpha value is -2.96. The average molecular weight is 390 g/mol. The third kappa shape index (κ3) is 6.04. The first-order valence-corrected chi connectivity index (χ1v) is 8.78. The zero-order chi connectivity index (χ0) is 21.1. The SMILES string of the molecule is CC(C)(C)NC(=O)c1cccc(NC(=O)Cc2cc(C(C)(F)F)ccc2O)c1. The molecule has 0 heterocycles. The van der Waals surface area contributed by atoms with Crippen LogP contribution in [0.4, 0.5) is 14.5 Å². The Bertz CT molecular complexity index is 884. The maximum absolute atomic E-state index is 13.5. The van der Waals surface area contributed by atoms with E-state index in [2.05, 4.69) is 10.6 Å². The fourth-order valence-corrected chi connectivity index (χ4v) is 2.53. The molecule has 0 aromatic heterocycles. The van der Waals surface area contributed by atoms with Crippen molar-refractivity contribution in [1.29, 1.82) is 0 Å². The molecule has 0 saturated carbocycles. The molecule has 0 bridgehead atoms. The lowest BCUT2D eigenvalue weighted by molar-refractivity contribution is -0.115. The van der Waals surface area contributed by atoms with Crippen LogP contribution in [0, 0.1) is 0 Å². The molecule has 0 saturated heterocycles. The number of halogens is 2. The molecule has 0 atom stereocenters. The predicted molar refractivity (Wildman–Crippen MR) is 104 cm³/mol. The van der Waals surface area contributed by atoms with Crippen LogP contribution < -0.4 is 10.6 Å². The number of benzene rings is 2. The van der Waals surface area contributed by atoms with E-state index in [1.165, 1.54) is 6.07 Å². The normalized spacial score (nSPS) is 11.8. The van der Waals surface area contributed by atoms with Gasteiger partial charge >= 0.3 is 0 Å². The Morgan fingerprint density at radius 1 is 1.04 bits per heavy atom. The van der Waals surface area contributed by atoms with Crippen molar-refractivity contribution >= 4 is 17.5 Å². The van der Waals surface area contributed by atoms with Gasteiger partial charge in [-0.2, -0.15) is 0 Å². The van der Waals surface area contributed by atoms with E-state index < -0.39 is 17.4 Å². The van der Waals surface area contributed by atoms with Gasteiger partial charge in [-0.15, -0.1) is 0 Å². The molecule has 0 radical (unpaired) electrons. The maximum atomic E-state index is 13.5. The molecule has 2 aromatic carbocycles. The molecular weight excluding hydrogens is 366 g/mol. The quantitative estimate of drug-likeness (QED) is 0.716. The molecule has 0 aliphatic rings. The fourth-order valence-electron chi connectivity index (χ4n) is 2.53. The molecule has 5 nitrogen and oxygen atoms in total. The van der Waals surface area contributed by atoms with Crippen LogP contribution in [0.3, 0.4) is 0 Å². The zero-order valence-corrected chi connectivity index (χ0v) is 16.3. The van der Waals surface area contributed by atoms with Crippen LogP contribution in [-0.2, 0) is 17.1 Å². The largest absolute Gasteiger partial charge is 0.508 e. The fraction of sp³-hybridized carbons (Fsp3) is 0.333. The molecule has 2 rings (SSSR count). The summed E-state index contributed by atoms with van der Waals surface area (Å²) in [4.78, 5) is 24.5. The van der Waals surface area contributed by atoms with Crippen LogP contribution in [-0.4, -0.2) is 22.5 Å². The molecule has 150 valence electrons. The second-order valence-corrected chi connectivity index (χ2v) is 7.74. The molecule has 0 spiro atoms. The third-order valence-corrected chi connectivity index (χ3v) is 3.83. The van der Waals surface area contributed by atoms with Crippen molar-refractivity contribution in [1.82, 2.24) is 5.32 Å². The van der Waals surface area contributed by atoms with Crippen LogP contribution in [0.5, 0.6) is 5.75 Å². The minimum Gasteiger partial charge on any atom is -0.508 e. The number of aromatic hydroxyl groups is 1. The van der Waals surface area contributed by atoms with Crippen LogP contribution in [0.25, 0.3) is 0 Å². The lowest BCUT2D eigenvalue weighted by Gasteiger charge is -2.20. The molecule has 2 amide bonds. The number of anilines is 1. The summed E-state index contributed by atoms with van der Waals surface area (Å²) >= 11 is 0. The van der Waals surface area contributed by atoms with Gasteiger partial charge in [0.25, 0.3) is 11.8 Å². The topological polar surface area (TPSA) is 78.4 Å². The van der Waals surface area contributed by atoms with E-state index in [4.69, 9.17) is 0 Å². The number of phenolic OH excluding ortho intramolecular Hbond substituents is 1. The first-order valence-electron chi connectivity index (χ1n) is 8.78. The van der Waals surface area contributed by atoms with E-state index in [1.807, 2.05) is 20.8 Å². The Labute approximate surface area is 162 Å². The Morgan fingerprint density at radius 2 is 1.71 bits per heavy atom. The van der Waals surface area contributed by atoms with Crippen molar-refractivity contribution in [3.63, 3.8) is 0 Å². The van der Waals surface area contributed by atoms with E-state index in [1.54, 1.807) is 18.2 Å². The molecule has 0 unspecified atom stereocenters. The molecular formula is C21H24F2N2O3. The molecule has 28 heavy (non-hydrogen) atoms. The molecule has 3 N–H and O–H groups in total. The number of nitrogens with one attached hydrogen (secondary N) is 2. The highest BCUT2D eigenvalue weighted by molar-refractivity contribution is 5.98. The summed E-state index contributed by atoms with van der Waals surface area (Å²) < 4.78 is 26.9. The summed E-state index contributed by atoms with van der Waals surface area (Å²) in [6.45, 7) is 6.32. The maximum Gasteiger partial charge on any atom is 0.270 e. The number of amides is 2. The van der Waals surface area contributed by atoms with Crippen LogP contribution in [0.1, 0.15) is 49.2 Å². The standard InChI is InChI=1S/C21H24F2N2O3/c1-20(2,3)25-19(28)13-6-5-7-16(11-13)24-18(27)12-14-10-15(21(4,22)23)8-9-17(14)26/h5-11,26H,12H2,1-4H3,(H,24,27)(H,25,28). The molecule has 0 aliphatic carbocycles. The Balaban J connectivity index is 2.12. The smallest absolute Gasteiger partial charge is 0.270 e.